The molecule has 0 spiro atoms. The van der Waals surface area contributed by atoms with Crippen molar-refractivity contribution in [1.82, 2.24) is 15.5 Å². The quantitative estimate of drug-likeness (QED) is 0.580. The second kappa shape index (κ2) is 7.62. The Kier molecular flexibility index (Phi) is 7.72. The summed E-state index contributed by atoms with van der Waals surface area (Å²) >= 11 is 4.33. The average molecular weight is 261 g/mol. The molecule has 0 radical (unpaired) electrons. The number of nitrogens with one attached hydrogen (secondary N) is 2. The normalized spacial score (nSPS) is 13.4. The van der Waals surface area contributed by atoms with Gasteiger partial charge in [-0.15, -0.1) is 0 Å². The standard InChI is InChI=1S/C13H31N3S/c1-12(2,3)14-7-9-16(6)10-8-15-13(4,5)11-17/h14-15,17H,7-11H2,1-6H3. The monoisotopic (exact) mass is 261 g/mol. The van der Waals surface area contributed by atoms with Crippen LogP contribution in [-0.2, 0) is 0 Å². The molecule has 0 saturated carbocycles. The smallest absolute Gasteiger partial charge is 0.0213 e. The lowest BCUT2D eigenvalue weighted by Gasteiger charge is -2.27. The summed E-state index contributed by atoms with van der Waals surface area (Å²) in [4.78, 5) is 2.35. The van der Waals surface area contributed by atoms with Gasteiger partial charge >= 0.3 is 0 Å². The van der Waals surface area contributed by atoms with E-state index in [0.717, 1.165) is 31.9 Å². The molecular formula is C13H31N3S. The molecule has 0 atom stereocenters. The lowest BCUT2D eigenvalue weighted by Crippen LogP contribution is -2.46. The molecule has 4 heteroatoms. The van der Waals surface area contributed by atoms with Crippen molar-refractivity contribution in [3.05, 3.63) is 0 Å². The van der Waals surface area contributed by atoms with Crippen molar-refractivity contribution in [3.63, 3.8) is 0 Å². The maximum Gasteiger partial charge on any atom is 0.0213 e. The van der Waals surface area contributed by atoms with Crippen molar-refractivity contribution >= 4 is 12.6 Å². The highest BCUT2D eigenvalue weighted by molar-refractivity contribution is 7.80. The fourth-order valence-electron chi connectivity index (χ4n) is 1.37. The summed E-state index contributed by atoms with van der Waals surface area (Å²) in [5, 5.41) is 7.00. The Balaban J connectivity index is 3.57. The number of hydrogen-bond acceptors (Lipinski definition) is 4. The molecule has 0 bridgehead atoms. The third-order valence-corrected chi connectivity index (χ3v) is 3.43. The van der Waals surface area contributed by atoms with Gasteiger partial charge in [0, 0.05) is 43.0 Å². The Morgan fingerprint density at radius 2 is 1.41 bits per heavy atom. The van der Waals surface area contributed by atoms with Crippen LogP contribution in [0.1, 0.15) is 34.6 Å². The SMILES string of the molecule is CN(CCNC(C)(C)C)CCNC(C)(C)CS. The molecule has 2 N–H and O–H groups in total. The Morgan fingerprint density at radius 1 is 0.941 bits per heavy atom. The maximum absolute atomic E-state index is 4.33. The van der Waals surface area contributed by atoms with E-state index >= 15 is 0 Å². The largest absolute Gasteiger partial charge is 0.311 e. The molecule has 0 aliphatic heterocycles. The Bertz CT molecular complexity index is 199. The van der Waals surface area contributed by atoms with E-state index in [0.29, 0.717) is 0 Å². The van der Waals surface area contributed by atoms with E-state index in [1.54, 1.807) is 0 Å². The summed E-state index contributed by atoms with van der Waals surface area (Å²) in [6.45, 7) is 15.2. The minimum absolute atomic E-state index is 0.133. The van der Waals surface area contributed by atoms with Gasteiger partial charge in [-0.1, -0.05) is 0 Å². The number of hydrogen-bond donors (Lipinski definition) is 3. The minimum atomic E-state index is 0.133. The zero-order valence-corrected chi connectivity index (χ0v) is 13.3. The molecule has 0 aromatic carbocycles. The van der Waals surface area contributed by atoms with Gasteiger partial charge in [-0.2, -0.15) is 12.6 Å². The van der Waals surface area contributed by atoms with Crippen molar-refractivity contribution in [2.75, 3.05) is 39.0 Å². The molecular weight excluding hydrogens is 230 g/mol. The van der Waals surface area contributed by atoms with Crippen LogP contribution in [0.15, 0.2) is 0 Å². The van der Waals surface area contributed by atoms with Gasteiger partial charge in [-0.3, -0.25) is 0 Å². The summed E-state index contributed by atoms with van der Waals surface area (Å²) < 4.78 is 0. The van der Waals surface area contributed by atoms with Crippen LogP contribution in [-0.4, -0.2) is 55.0 Å². The number of nitrogens with zero attached hydrogens (tertiary/aromatic N) is 1. The van der Waals surface area contributed by atoms with Crippen molar-refractivity contribution in [1.29, 1.82) is 0 Å². The van der Waals surface area contributed by atoms with Gasteiger partial charge in [0.15, 0.2) is 0 Å². The lowest BCUT2D eigenvalue weighted by molar-refractivity contribution is 0.295. The van der Waals surface area contributed by atoms with E-state index in [1.807, 2.05) is 0 Å². The van der Waals surface area contributed by atoms with Gasteiger partial charge in [-0.25, -0.2) is 0 Å². The van der Waals surface area contributed by atoms with Crippen molar-refractivity contribution < 1.29 is 0 Å². The van der Waals surface area contributed by atoms with Crippen LogP contribution >= 0.6 is 12.6 Å². The number of rotatable bonds is 8. The molecule has 3 nitrogen and oxygen atoms in total. The molecule has 0 aliphatic rings. The second-order valence-electron chi connectivity index (χ2n) is 6.45. The van der Waals surface area contributed by atoms with Gasteiger partial charge in [0.1, 0.15) is 0 Å². The van der Waals surface area contributed by atoms with Crippen LogP contribution in [0.25, 0.3) is 0 Å². The number of likely N-dealkylation sites (N-methyl/N-ethyl adjacent to an activating group) is 1. The van der Waals surface area contributed by atoms with Crippen molar-refractivity contribution in [2.45, 2.75) is 45.7 Å². The summed E-state index contributed by atoms with van der Waals surface area (Å²) in [7, 11) is 2.17. The van der Waals surface area contributed by atoms with Crippen LogP contribution in [0.4, 0.5) is 0 Å². The first-order chi connectivity index (χ1) is 7.66. The fourth-order valence-corrected chi connectivity index (χ4v) is 1.49. The van der Waals surface area contributed by atoms with E-state index in [1.165, 1.54) is 0 Å². The molecule has 0 saturated heterocycles. The van der Waals surface area contributed by atoms with Crippen LogP contribution < -0.4 is 10.6 Å². The predicted molar refractivity (Wildman–Crippen MR) is 81.2 cm³/mol. The molecule has 0 aliphatic carbocycles. The van der Waals surface area contributed by atoms with E-state index in [2.05, 4.69) is 69.8 Å². The molecule has 104 valence electrons. The van der Waals surface area contributed by atoms with Crippen molar-refractivity contribution in [3.8, 4) is 0 Å². The van der Waals surface area contributed by atoms with Gasteiger partial charge in [-0.05, 0) is 41.7 Å². The first-order valence-electron chi connectivity index (χ1n) is 6.46. The van der Waals surface area contributed by atoms with E-state index in [-0.39, 0.29) is 11.1 Å². The average Bonchev–Trinajstić information content (AvgIpc) is 2.15. The minimum Gasteiger partial charge on any atom is -0.311 e. The van der Waals surface area contributed by atoms with Crippen LogP contribution in [0.5, 0.6) is 0 Å². The van der Waals surface area contributed by atoms with Gasteiger partial charge in [0.05, 0.1) is 0 Å². The Morgan fingerprint density at radius 3 is 1.82 bits per heavy atom. The lowest BCUT2D eigenvalue weighted by atomic mass is 10.1. The van der Waals surface area contributed by atoms with Gasteiger partial charge in [0.2, 0.25) is 0 Å². The zero-order chi connectivity index (χ0) is 13.5. The second-order valence-corrected chi connectivity index (χ2v) is 6.77. The Hall–Kier alpha value is 0.230. The molecule has 0 rings (SSSR count). The fraction of sp³-hybridized carbons (Fsp3) is 1.00. The van der Waals surface area contributed by atoms with E-state index in [9.17, 15) is 0 Å². The third kappa shape index (κ3) is 11.1. The highest BCUT2D eigenvalue weighted by Gasteiger charge is 2.14. The first-order valence-corrected chi connectivity index (χ1v) is 7.09. The molecule has 0 heterocycles. The van der Waals surface area contributed by atoms with Crippen LogP contribution in [0, 0.1) is 0 Å². The third-order valence-electron chi connectivity index (χ3n) is 2.64. The topological polar surface area (TPSA) is 27.3 Å². The number of thiol groups is 1. The molecule has 0 fully saturated rings. The van der Waals surface area contributed by atoms with Crippen LogP contribution in [0.3, 0.4) is 0 Å². The summed E-state index contributed by atoms with van der Waals surface area (Å²) in [6.07, 6.45) is 0. The maximum atomic E-state index is 4.33. The van der Waals surface area contributed by atoms with Crippen molar-refractivity contribution in [2.24, 2.45) is 0 Å². The zero-order valence-electron chi connectivity index (χ0n) is 12.4. The van der Waals surface area contributed by atoms with Crippen LogP contribution in [0.2, 0.25) is 0 Å². The predicted octanol–water partition coefficient (Wildman–Crippen LogP) is 1.60. The van der Waals surface area contributed by atoms with Gasteiger partial charge in [0.25, 0.3) is 0 Å². The summed E-state index contributed by atoms with van der Waals surface area (Å²) in [5.41, 5.74) is 0.348. The Labute approximate surface area is 113 Å². The van der Waals surface area contributed by atoms with Gasteiger partial charge < -0.3 is 15.5 Å². The molecule has 0 aromatic rings. The van der Waals surface area contributed by atoms with E-state index in [4.69, 9.17) is 0 Å². The molecule has 0 amide bonds. The highest BCUT2D eigenvalue weighted by atomic mass is 32.1. The van der Waals surface area contributed by atoms with E-state index < -0.39 is 0 Å². The summed E-state index contributed by atoms with van der Waals surface area (Å²) in [5.74, 6) is 0.863. The summed E-state index contributed by atoms with van der Waals surface area (Å²) in [6, 6.07) is 0. The highest BCUT2D eigenvalue weighted by Crippen LogP contribution is 2.03. The molecule has 0 aromatic heterocycles. The molecule has 17 heavy (non-hydrogen) atoms. The molecule has 0 unspecified atom stereocenters. The first kappa shape index (κ1) is 17.2.